The van der Waals surface area contributed by atoms with Crippen molar-refractivity contribution in [2.45, 2.75) is 10.1 Å². The van der Waals surface area contributed by atoms with Crippen LogP contribution in [0.15, 0.2) is 52.9 Å². The Bertz CT molecular complexity index is 886. The first-order valence-corrected chi connectivity index (χ1v) is 9.48. The van der Waals surface area contributed by atoms with Crippen molar-refractivity contribution < 1.29 is 9.53 Å². The summed E-state index contributed by atoms with van der Waals surface area (Å²) in [7, 11) is 1.64. The second-order valence-corrected chi connectivity index (χ2v) is 7.61. The quantitative estimate of drug-likeness (QED) is 0.485. The SMILES string of the molecule is COc1cccc(CSc2nnc(NC(=O)c3cccc(Cl)c3)s2)c1. The molecule has 0 saturated carbocycles. The van der Waals surface area contributed by atoms with Crippen molar-refractivity contribution in [2.75, 3.05) is 12.4 Å². The highest BCUT2D eigenvalue weighted by atomic mass is 35.5. The zero-order chi connectivity index (χ0) is 17.6. The van der Waals surface area contributed by atoms with E-state index in [1.807, 2.05) is 24.3 Å². The predicted molar refractivity (Wildman–Crippen MR) is 102 cm³/mol. The third-order valence-electron chi connectivity index (χ3n) is 3.21. The van der Waals surface area contributed by atoms with Crippen LogP contribution in [0.25, 0.3) is 0 Å². The number of benzene rings is 2. The van der Waals surface area contributed by atoms with Gasteiger partial charge in [-0.1, -0.05) is 52.9 Å². The molecule has 0 aliphatic carbocycles. The molecule has 1 aromatic heterocycles. The average Bonchev–Trinajstić information content (AvgIpc) is 3.07. The lowest BCUT2D eigenvalue weighted by Crippen LogP contribution is -2.11. The van der Waals surface area contributed by atoms with Crippen molar-refractivity contribution in [1.29, 1.82) is 0 Å². The van der Waals surface area contributed by atoms with E-state index in [1.54, 1.807) is 43.1 Å². The van der Waals surface area contributed by atoms with Gasteiger partial charge in [-0.2, -0.15) is 0 Å². The molecule has 0 bridgehead atoms. The molecular formula is C17H14ClN3O2S2. The minimum atomic E-state index is -0.261. The minimum absolute atomic E-state index is 0.261. The maximum absolute atomic E-state index is 12.2. The van der Waals surface area contributed by atoms with Crippen molar-refractivity contribution in [3.63, 3.8) is 0 Å². The fraction of sp³-hybridized carbons (Fsp3) is 0.118. The third-order valence-corrected chi connectivity index (χ3v) is 5.49. The third kappa shape index (κ3) is 4.94. The standard InChI is InChI=1S/C17H14ClN3O2S2/c1-23-14-7-2-4-11(8-14)10-24-17-21-20-16(25-17)19-15(22)12-5-3-6-13(18)9-12/h2-9H,10H2,1H3,(H,19,20,22). The summed E-state index contributed by atoms with van der Waals surface area (Å²) in [6.45, 7) is 0. The number of hydrogen-bond donors (Lipinski definition) is 1. The molecule has 0 aliphatic heterocycles. The van der Waals surface area contributed by atoms with Gasteiger partial charge in [0.25, 0.3) is 5.91 Å². The van der Waals surface area contributed by atoms with Crippen LogP contribution in [-0.4, -0.2) is 23.2 Å². The number of amides is 1. The van der Waals surface area contributed by atoms with Crippen LogP contribution in [0.5, 0.6) is 5.75 Å². The number of thioether (sulfide) groups is 1. The number of methoxy groups -OCH3 is 1. The molecular weight excluding hydrogens is 378 g/mol. The van der Waals surface area contributed by atoms with E-state index in [9.17, 15) is 4.79 Å². The predicted octanol–water partition coefficient (Wildman–Crippen LogP) is 4.74. The van der Waals surface area contributed by atoms with Gasteiger partial charge >= 0.3 is 0 Å². The van der Waals surface area contributed by atoms with Gasteiger partial charge in [0, 0.05) is 16.3 Å². The van der Waals surface area contributed by atoms with E-state index in [1.165, 1.54) is 11.3 Å². The first-order chi connectivity index (χ1) is 12.1. The van der Waals surface area contributed by atoms with Gasteiger partial charge in [-0.15, -0.1) is 10.2 Å². The summed E-state index contributed by atoms with van der Waals surface area (Å²) in [5, 5.41) is 11.8. The number of ether oxygens (including phenoxy) is 1. The maximum atomic E-state index is 12.2. The topological polar surface area (TPSA) is 64.1 Å². The van der Waals surface area contributed by atoms with Crippen LogP contribution in [0.3, 0.4) is 0 Å². The molecule has 0 spiro atoms. The van der Waals surface area contributed by atoms with E-state index in [4.69, 9.17) is 16.3 Å². The Morgan fingerprint density at radius 1 is 1.24 bits per heavy atom. The molecule has 25 heavy (non-hydrogen) atoms. The maximum Gasteiger partial charge on any atom is 0.257 e. The highest BCUT2D eigenvalue weighted by Gasteiger charge is 2.11. The van der Waals surface area contributed by atoms with Gasteiger partial charge in [0.05, 0.1) is 7.11 Å². The number of rotatable bonds is 6. The first kappa shape index (κ1) is 17.7. The molecule has 0 fully saturated rings. The molecule has 3 rings (SSSR count). The van der Waals surface area contributed by atoms with E-state index < -0.39 is 0 Å². The lowest BCUT2D eigenvalue weighted by Gasteiger charge is -2.02. The van der Waals surface area contributed by atoms with Gasteiger partial charge < -0.3 is 4.74 Å². The number of nitrogens with zero attached hydrogens (tertiary/aromatic N) is 2. The second-order valence-electron chi connectivity index (χ2n) is 4.98. The van der Waals surface area contributed by atoms with Crippen LogP contribution in [-0.2, 0) is 5.75 Å². The van der Waals surface area contributed by atoms with Crippen LogP contribution >= 0.6 is 34.7 Å². The van der Waals surface area contributed by atoms with Crippen LogP contribution in [0, 0.1) is 0 Å². The van der Waals surface area contributed by atoms with Crippen LogP contribution < -0.4 is 10.1 Å². The summed E-state index contributed by atoms with van der Waals surface area (Å²) in [5.41, 5.74) is 1.61. The number of nitrogens with one attached hydrogen (secondary N) is 1. The lowest BCUT2D eigenvalue weighted by atomic mass is 10.2. The van der Waals surface area contributed by atoms with Crippen LogP contribution in [0.4, 0.5) is 5.13 Å². The molecule has 8 heteroatoms. The van der Waals surface area contributed by atoms with Crippen LogP contribution in [0.2, 0.25) is 5.02 Å². The number of carbonyl (C=O) groups is 1. The lowest BCUT2D eigenvalue weighted by molar-refractivity contribution is 0.102. The van der Waals surface area contributed by atoms with Crippen molar-refractivity contribution in [3.8, 4) is 5.75 Å². The molecule has 2 aromatic carbocycles. The first-order valence-electron chi connectivity index (χ1n) is 7.30. The molecule has 0 aliphatic rings. The van der Waals surface area contributed by atoms with Crippen molar-refractivity contribution >= 4 is 45.7 Å². The largest absolute Gasteiger partial charge is 0.497 e. The number of aromatic nitrogens is 2. The zero-order valence-electron chi connectivity index (χ0n) is 13.2. The van der Waals surface area contributed by atoms with Crippen molar-refractivity contribution in [3.05, 3.63) is 64.7 Å². The Morgan fingerprint density at radius 2 is 2.08 bits per heavy atom. The smallest absolute Gasteiger partial charge is 0.257 e. The normalized spacial score (nSPS) is 10.5. The van der Waals surface area contributed by atoms with Gasteiger partial charge in [0.15, 0.2) is 4.34 Å². The van der Waals surface area contributed by atoms with Gasteiger partial charge in [0.1, 0.15) is 5.75 Å². The van der Waals surface area contributed by atoms with E-state index in [-0.39, 0.29) is 5.91 Å². The molecule has 0 atom stereocenters. The van der Waals surface area contributed by atoms with Gasteiger partial charge in [0.2, 0.25) is 5.13 Å². The van der Waals surface area contributed by atoms with E-state index in [2.05, 4.69) is 15.5 Å². The molecule has 1 heterocycles. The Balaban J connectivity index is 1.59. The minimum Gasteiger partial charge on any atom is -0.497 e. The molecule has 128 valence electrons. The van der Waals surface area contributed by atoms with E-state index in [0.29, 0.717) is 15.7 Å². The second kappa shape index (κ2) is 8.33. The summed E-state index contributed by atoms with van der Waals surface area (Å²) in [6, 6.07) is 14.6. The van der Waals surface area contributed by atoms with Crippen LogP contribution in [0.1, 0.15) is 15.9 Å². The summed E-state index contributed by atoms with van der Waals surface area (Å²) >= 11 is 8.79. The van der Waals surface area contributed by atoms with E-state index >= 15 is 0 Å². The molecule has 0 saturated heterocycles. The van der Waals surface area contributed by atoms with Crippen molar-refractivity contribution in [2.24, 2.45) is 0 Å². The highest BCUT2D eigenvalue weighted by Crippen LogP contribution is 2.29. The van der Waals surface area contributed by atoms with Gasteiger partial charge in [-0.25, -0.2) is 0 Å². The zero-order valence-corrected chi connectivity index (χ0v) is 15.6. The molecule has 0 radical (unpaired) electrons. The Morgan fingerprint density at radius 3 is 2.88 bits per heavy atom. The molecule has 5 nitrogen and oxygen atoms in total. The molecule has 1 amide bonds. The number of carbonyl (C=O) groups excluding carboxylic acids is 1. The monoisotopic (exact) mass is 391 g/mol. The summed E-state index contributed by atoms with van der Waals surface area (Å²) in [4.78, 5) is 12.2. The van der Waals surface area contributed by atoms with Gasteiger partial charge in [-0.05, 0) is 35.9 Å². The number of hydrogen-bond acceptors (Lipinski definition) is 6. The fourth-order valence-electron chi connectivity index (χ4n) is 2.02. The Kier molecular flexibility index (Phi) is 5.91. The fourth-order valence-corrected chi connectivity index (χ4v) is 3.91. The van der Waals surface area contributed by atoms with E-state index in [0.717, 1.165) is 21.4 Å². The summed E-state index contributed by atoms with van der Waals surface area (Å²) in [5.74, 6) is 1.31. The molecule has 1 N–H and O–H groups in total. The summed E-state index contributed by atoms with van der Waals surface area (Å²) < 4.78 is 6.00. The average molecular weight is 392 g/mol. The number of halogens is 1. The highest BCUT2D eigenvalue weighted by molar-refractivity contribution is 8.00. The Hall–Kier alpha value is -2.09. The van der Waals surface area contributed by atoms with Gasteiger partial charge in [-0.3, -0.25) is 10.1 Å². The number of anilines is 1. The summed E-state index contributed by atoms with van der Waals surface area (Å²) in [6.07, 6.45) is 0. The molecule has 3 aromatic rings. The molecule has 0 unspecified atom stereocenters. The van der Waals surface area contributed by atoms with Crippen molar-refractivity contribution in [1.82, 2.24) is 10.2 Å². The Labute approximate surface area is 158 Å².